The van der Waals surface area contributed by atoms with Crippen LogP contribution in [-0.2, 0) is 0 Å². The number of ether oxygens (including phenoxy) is 1. The third-order valence-electron chi connectivity index (χ3n) is 1.98. The Morgan fingerprint density at radius 1 is 1.54 bits per heavy atom. The Bertz CT molecular complexity index is 368. The molecule has 70 valence electrons. The first-order valence-corrected chi connectivity index (χ1v) is 3.70. The summed E-state index contributed by atoms with van der Waals surface area (Å²) in [4.78, 5) is 0. The van der Waals surface area contributed by atoms with Gasteiger partial charge >= 0.3 is 0 Å². The fourth-order valence-electron chi connectivity index (χ4n) is 1.29. The van der Waals surface area contributed by atoms with Crippen molar-refractivity contribution in [2.45, 2.75) is 6.04 Å². The quantitative estimate of drug-likeness (QED) is 0.638. The van der Waals surface area contributed by atoms with Crippen LogP contribution in [0.4, 0.5) is 8.78 Å². The van der Waals surface area contributed by atoms with Gasteiger partial charge in [0.05, 0.1) is 6.04 Å². The molecular formula is C8H7F2NO2. The molecule has 1 aromatic carbocycles. The van der Waals surface area contributed by atoms with Gasteiger partial charge in [-0.2, -0.15) is 4.39 Å². The summed E-state index contributed by atoms with van der Waals surface area (Å²) >= 11 is 0. The highest BCUT2D eigenvalue weighted by molar-refractivity contribution is 5.46. The molecular weight excluding hydrogens is 180 g/mol. The van der Waals surface area contributed by atoms with Gasteiger partial charge in [-0.3, -0.25) is 0 Å². The van der Waals surface area contributed by atoms with Crippen LogP contribution in [0.15, 0.2) is 6.07 Å². The highest BCUT2D eigenvalue weighted by Crippen LogP contribution is 2.38. The lowest BCUT2D eigenvalue weighted by atomic mass is 10.1. The van der Waals surface area contributed by atoms with E-state index in [4.69, 9.17) is 15.6 Å². The fraction of sp³-hybridized carbons (Fsp3) is 0.250. The molecule has 1 heterocycles. The average Bonchev–Trinajstić information content (AvgIpc) is 2.45. The van der Waals surface area contributed by atoms with Gasteiger partial charge in [0.15, 0.2) is 17.3 Å². The lowest BCUT2D eigenvalue weighted by Crippen LogP contribution is -2.10. The average molecular weight is 187 g/mol. The predicted octanol–water partition coefficient (Wildman–Crippen LogP) is 1.06. The zero-order chi connectivity index (χ0) is 9.59. The summed E-state index contributed by atoms with van der Waals surface area (Å²) < 4.78 is 30.7. The highest BCUT2D eigenvalue weighted by atomic mass is 19.1. The van der Waals surface area contributed by atoms with Gasteiger partial charge in [-0.25, -0.2) is 4.39 Å². The smallest absolute Gasteiger partial charge is 0.210 e. The summed E-state index contributed by atoms with van der Waals surface area (Å²) in [5.74, 6) is -3.26. The van der Waals surface area contributed by atoms with Gasteiger partial charge in [-0.15, -0.1) is 0 Å². The van der Waals surface area contributed by atoms with E-state index >= 15 is 0 Å². The standard InChI is InChI=1S/C8H7F2NO2/c9-4-1-3-5(11)2-13-8(3)6(10)7(4)12/h1,5,12H,2,11H2/t5-/m0/s1. The minimum atomic E-state index is -1.08. The van der Waals surface area contributed by atoms with Crippen LogP contribution in [0.2, 0.25) is 0 Å². The lowest BCUT2D eigenvalue weighted by molar-refractivity contribution is 0.310. The summed E-state index contributed by atoms with van der Waals surface area (Å²) in [6.07, 6.45) is 0. The maximum Gasteiger partial charge on any atom is 0.210 e. The van der Waals surface area contributed by atoms with E-state index in [1.807, 2.05) is 0 Å². The first-order chi connectivity index (χ1) is 6.11. The second kappa shape index (κ2) is 2.56. The fourth-order valence-corrected chi connectivity index (χ4v) is 1.29. The van der Waals surface area contributed by atoms with E-state index in [-0.39, 0.29) is 17.9 Å². The number of aromatic hydroxyl groups is 1. The van der Waals surface area contributed by atoms with E-state index in [0.717, 1.165) is 6.07 Å². The van der Waals surface area contributed by atoms with Crippen molar-refractivity contribution in [2.24, 2.45) is 5.73 Å². The van der Waals surface area contributed by atoms with Crippen molar-refractivity contribution in [2.75, 3.05) is 6.61 Å². The highest BCUT2D eigenvalue weighted by Gasteiger charge is 2.28. The molecule has 1 aromatic rings. The molecule has 0 bridgehead atoms. The lowest BCUT2D eigenvalue weighted by Gasteiger charge is -2.04. The van der Waals surface area contributed by atoms with Crippen molar-refractivity contribution < 1.29 is 18.6 Å². The molecule has 0 fully saturated rings. The number of rotatable bonds is 0. The molecule has 3 N–H and O–H groups in total. The van der Waals surface area contributed by atoms with Crippen LogP contribution < -0.4 is 10.5 Å². The number of hydrogen-bond acceptors (Lipinski definition) is 3. The van der Waals surface area contributed by atoms with Crippen molar-refractivity contribution in [1.82, 2.24) is 0 Å². The Morgan fingerprint density at radius 3 is 2.92 bits per heavy atom. The van der Waals surface area contributed by atoms with Crippen LogP contribution in [0.5, 0.6) is 11.5 Å². The number of phenolic OH excluding ortho intramolecular Hbond substituents is 1. The van der Waals surface area contributed by atoms with Crippen LogP contribution in [0.1, 0.15) is 11.6 Å². The molecule has 0 spiro atoms. The number of benzene rings is 1. The minimum absolute atomic E-state index is 0.106. The van der Waals surface area contributed by atoms with E-state index < -0.39 is 23.4 Å². The van der Waals surface area contributed by atoms with Crippen LogP contribution >= 0.6 is 0 Å². The number of phenols is 1. The number of hydrogen-bond donors (Lipinski definition) is 2. The van der Waals surface area contributed by atoms with Gasteiger partial charge in [-0.05, 0) is 6.07 Å². The van der Waals surface area contributed by atoms with E-state index in [0.29, 0.717) is 0 Å². The van der Waals surface area contributed by atoms with Gasteiger partial charge in [0.2, 0.25) is 5.82 Å². The van der Waals surface area contributed by atoms with Crippen molar-refractivity contribution in [1.29, 1.82) is 0 Å². The second-order valence-electron chi connectivity index (χ2n) is 2.86. The van der Waals surface area contributed by atoms with Crippen molar-refractivity contribution in [3.05, 3.63) is 23.3 Å². The molecule has 2 rings (SSSR count). The molecule has 1 aliphatic rings. The molecule has 5 heteroatoms. The maximum absolute atomic E-state index is 13.1. The van der Waals surface area contributed by atoms with Gasteiger partial charge in [0.1, 0.15) is 6.61 Å². The zero-order valence-corrected chi connectivity index (χ0v) is 6.55. The van der Waals surface area contributed by atoms with E-state index in [1.165, 1.54) is 0 Å². The third kappa shape index (κ3) is 1.04. The molecule has 0 radical (unpaired) electrons. The largest absolute Gasteiger partial charge is 0.503 e. The van der Waals surface area contributed by atoms with Gasteiger partial charge < -0.3 is 15.6 Å². The Balaban J connectivity index is 2.67. The van der Waals surface area contributed by atoms with E-state index in [2.05, 4.69) is 0 Å². The van der Waals surface area contributed by atoms with Crippen LogP contribution in [-0.4, -0.2) is 11.7 Å². The molecule has 1 atom stereocenters. The molecule has 3 nitrogen and oxygen atoms in total. The molecule has 0 saturated carbocycles. The first kappa shape index (κ1) is 8.25. The number of halogens is 2. The van der Waals surface area contributed by atoms with Crippen molar-refractivity contribution >= 4 is 0 Å². The van der Waals surface area contributed by atoms with E-state index in [9.17, 15) is 8.78 Å². The third-order valence-corrected chi connectivity index (χ3v) is 1.98. The van der Waals surface area contributed by atoms with Gasteiger partial charge in [0.25, 0.3) is 0 Å². The maximum atomic E-state index is 13.1. The van der Waals surface area contributed by atoms with Crippen molar-refractivity contribution in [3.63, 3.8) is 0 Å². The Labute approximate surface area is 72.7 Å². The van der Waals surface area contributed by atoms with Gasteiger partial charge in [-0.1, -0.05) is 0 Å². The Hall–Kier alpha value is -1.36. The summed E-state index contributed by atoms with van der Waals surface area (Å²) in [6, 6.07) is 0.463. The van der Waals surface area contributed by atoms with Crippen LogP contribution in [0.3, 0.4) is 0 Å². The summed E-state index contributed by atoms with van der Waals surface area (Å²) in [6.45, 7) is 0.106. The normalized spacial score (nSPS) is 19.8. The molecule has 0 unspecified atom stereocenters. The van der Waals surface area contributed by atoms with E-state index in [1.54, 1.807) is 0 Å². The molecule has 0 aliphatic carbocycles. The van der Waals surface area contributed by atoms with Gasteiger partial charge in [0, 0.05) is 5.56 Å². The number of nitrogens with two attached hydrogens (primary N) is 1. The molecule has 13 heavy (non-hydrogen) atoms. The Kier molecular flexibility index (Phi) is 1.63. The molecule has 0 amide bonds. The monoisotopic (exact) mass is 187 g/mol. The summed E-state index contributed by atoms with van der Waals surface area (Å²) in [5, 5.41) is 8.89. The molecule has 1 aliphatic heterocycles. The molecule has 0 aromatic heterocycles. The van der Waals surface area contributed by atoms with Crippen molar-refractivity contribution in [3.8, 4) is 11.5 Å². The first-order valence-electron chi connectivity index (χ1n) is 3.70. The SMILES string of the molecule is N[C@H]1COc2c1cc(F)c(O)c2F. The summed E-state index contributed by atoms with van der Waals surface area (Å²) in [7, 11) is 0. The minimum Gasteiger partial charge on any atom is -0.503 e. The topological polar surface area (TPSA) is 55.5 Å². The second-order valence-corrected chi connectivity index (χ2v) is 2.86. The Morgan fingerprint density at radius 2 is 2.23 bits per heavy atom. The predicted molar refractivity (Wildman–Crippen MR) is 40.4 cm³/mol. The molecule has 0 saturated heterocycles. The number of fused-ring (bicyclic) bond motifs is 1. The summed E-state index contributed by atoms with van der Waals surface area (Å²) in [5.41, 5.74) is 5.75. The van der Waals surface area contributed by atoms with Crippen LogP contribution in [0.25, 0.3) is 0 Å². The van der Waals surface area contributed by atoms with Crippen LogP contribution in [0, 0.1) is 11.6 Å². The zero-order valence-electron chi connectivity index (χ0n) is 6.55.